The number of nitrogens with zero attached hydrogens (tertiary/aromatic N) is 3. The van der Waals surface area contributed by atoms with Crippen LogP contribution in [0.1, 0.15) is 31.7 Å². The maximum Gasteiger partial charge on any atom is 0.336 e. The number of aliphatic carboxylic acids is 1. The lowest BCUT2D eigenvalue weighted by Gasteiger charge is -2.30. The van der Waals surface area contributed by atoms with Gasteiger partial charge in [-0.3, -0.25) is 19.9 Å². The van der Waals surface area contributed by atoms with Crippen molar-refractivity contribution in [1.29, 1.82) is 5.26 Å². The third-order valence-corrected chi connectivity index (χ3v) is 4.23. The Morgan fingerprint density at radius 3 is 2.63 bits per heavy atom. The molecule has 0 saturated heterocycles. The molecule has 1 N–H and O–H groups in total. The summed E-state index contributed by atoms with van der Waals surface area (Å²) in [7, 11) is 0. The van der Waals surface area contributed by atoms with E-state index in [4.69, 9.17) is 10.00 Å². The molecule has 9 heteroatoms. The van der Waals surface area contributed by atoms with Crippen molar-refractivity contribution in [2.45, 2.75) is 26.2 Å². The number of ether oxygens (including phenoxy) is 1. The van der Waals surface area contributed by atoms with Crippen molar-refractivity contribution in [3.05, 3.63) is 51.2 Å². The van der Waals surface area contributed by atoms with Gasteiger partial charge in [0.15, 0.2) is 0 Å². The zero-order chi connectivity index (χ0) is 20.1. The van der Waals surface area contributed by atoms with Gasteiger partial charge in [-0.15, -0.1) is 0 Å². The molecule has 2 atom stereocenters. The van der Waals surface area contributed by atoms with Gasteiger partial charge in [-0.2, -0.15) is 5.26 Å². The number of carboxylic acid groups (broad SMARTS) is 1. The molecule has 0 aromatic heterocycles. The Morgan fingerprint density at radius 1 is 1.37 bits per heavy atom. The van der Waals surface area contributed by atoms with Crippen LogP contribution >= 0.6 is 0 Å². The number of rotatable bonds is 6. The third kappa shape index (κ3) is 4.00. The van der Waals surface area contributed by atoms with Crippen LogP contribution in [0.2, 0.25) is 0 Å². The largest absolute Gasteiger partial charge is 0.481 e. The molecule has 2 rings (SSSR count). The molecule has 1 aromatic rings. The van der Waals surface area contributed by atoms with Crippen LogP contribution in [0.15, 0.2) is 40.5 Å². The minimum Gasteiger partial charge on any atom is -0.481 e. The number of nitro groups is 1. The van der Waals surface area contributed by atoms with E-state index in [0.29, 0.717) is 0 Å². The Hall–Kier alpha value is -3.54. The van der Waals surface area contributed by atoms with E-state index in [0.717, 1.165) is 0 Å². The number of para-hydroxylation sites is 1. The Bertz CT molecular complexity index is 897. The van der Waals surface area contributed by atoms with Gasteiger partial charge in [0.05, 0.1) is 23.0 Å². The molecule has 0 fully saturated rings. The van der Waals surface area contributed by atoms with Crippen molar-refractivity contribution in [3.8, 4) is 6.07 Å². The predicted molar refractivity (Wildman–Crippen MR) is 94.0 cm³/mol. The lowest BCUT2D eigenvalue weighted by Crippen LogP contribution is -2.35. The molecule has 9 nitrogen and oxygen atoms in total. The Kier molecular flexibility index (Phi) is 6.03. The summed E-state index contributed by atoms with van der Waals surface area (Å²) in [5.41, 5.74) is 0.210. The van der Waals surface area contributed by atoms with Gasteiger partial charge >= 0.3 is 11.9 Å². The average molecular weight is 371 g/mol. The molecule has 0 saturated carbocycles. The van der Waals surface area contributed by atoms with Gasteiger partial charge in [-0.25, -0.2) is 4.79 Å². The molecule has 1 heterocycles. The monoisotopic (exact) mass is 371 g/mol. The first-order chi connectivity index (χ1) is 12.8. The van der Waals surface area contributed by atoms with Crippen molar-refractivity contribution in [2.24, 2.45) is 10.9 Å². The molecule has 2 unspecified atom stereocenters. The molecule has 0 spiro atoms. The van der Waals surface area contributed by atoms with Crippen LogP contribution in [-0.4, -0.2) is 34.3 Å². The maximum atomic E-state index is 12.6. The molecule has 140 valence electrons. The standard InChI is InChI=1S/C18H17N3O6/c1-10-14(17(22)23)16(12-6-3-4-7-13(12)21(25)26)15(11(2)20-10)18(24)27-9-5-8-19/h3-4,6-7,14,16H,5,9H2,1-2H3,(H,22,23). The van der Waals surface area contributed by atoms with Crippen LogP contribution in [0.4, 0.5) is 5.69 Å². The van der Waals surface area contributed by atoms with Gasteiger partial charge in [0.2, 0.25) is 0 Å². The van der Waals surface area contributed by atoms with E-state index >= 15 is 0 Å². The fraction of sp³-hybridized carbons (Fsp3) is 0.333. The van der Waals surface area contributed by atoms with Crippen molar-refractivity contribution in [2.75, 3.05) is 6.61 Å². The van der Waals surface area contributed by atoms with E-state index in [1.54, 1.807) is 0 Å². The summed E-state index contributed by atoms with van der Waals surface area (Å²) in [6.45, 7) is 2.85. The molecule has 27 heavy (non-hydrogen) atoms. The Labute approximate surface area is 154 Å². The van der Waals surface area contributed by atoms with Crippen LogP contribution in [0, 0.1) is 27.4 Å². The third-order valence-electron chi connectivity index (χ3n) is 4.23. The summed E-state index contributed by atoms with van der Waals surface area (Å²) in [6.07, 6.45) is -0.0289. The molecular formula is C18H17N3O6. The molecule has 0 aliphatic carbocycles. The van der Waals surface area contributed by atoms with E-state index in [2.05, 4.69) is 4.99 Å². The van der Waals surface area contributed by atoms with Gasteiger partial charge in [-0.05, 0) is 13.8 Å². The lowest BCUT2D eigenvalue weighted by atomic mass is 9.75. The molecule has 1 aromatic carbocycles. The number of hydrogen-bond acceptors (Lipinski definition) is 7. The van der Waals surface area contributed by atoms with E-state index in [-0.39, 0.29) is 41.3 Å². The number of benzene rings is 1. The number of esters is 1. The number of hydrogen-bond donors (Lipinski definition) is 1. The SMILES string of the molecule is CC1=NC(C)=C(C(=O)OCCC#N)C(c2ccccc2[N+](=O)[O-])C1C(=O)O. The maximum absolute atomic E-state index is 12.6. The normalized spacial score (nSPS) is 19.1. The zero-order valence-corrected chi connectivity index (χ0v) is 14.7. The van der Waals surface area contributed by atoms with E-state index in [1.165, 1.54) is 38.1 Å². The van der Waals surface area contributed by atoms with Crippen LogP contribution < -0.4 is 0 Å². The van der Waals surface area contributed by atoms with Crippen molar-refractivity contribution in [1.82, 2.24) is 0 Å². The first kappa shape index (κ1) is 19.8. The first-order valence-electron chi connectivity index (χ1n) is 8.05. The molecule has 1 aliphatic rings. The number of nitriles is 1. The van der Waals surface area contributed by atoms with Crippen molar-refractivity contribution >= 4 is 23.3 Å². The number of allylic oxidation sites excluding steroid dienone is 1. The number of carbonyl (C=O) groups excluding carboxylic acids is 1. The van der Waals surface area contributed by atoms with Crippen LogP contribution in [-0.2, 0) is 14.3 Å². The fourth-order valence-electron chi connectivity index (χ4n) is 3.14. The first-order valence-corrected chi connectivity index (χ1v) is 8.05. The summed E-state index contributed by atoms with van der Waals surface area (Å²) in [6, 6.07) is 7.51. The van der Waals surface area contributed by atoms with Gasteiger partial charge in [0.25, 0.3) is 5.69 Å². The number of nitro benzene ring substituents is 1. The fourth-order valence-corrected chi connectivity index (χ4v) is 3.14. The number of carbonyl (C=O) groups is 2. The van der Waals surface area contributed by atoms with Crippen LogP contribution in [0.5, 0.6) is 0 Å². The highest BCUT2D eigenvalue weighted by atomic mass is 16.6. The van der Waals surface area contributed by atoms with E-state index < -0.39 is 28.7 Å². The van der Waals surface area contributed by atoms with Gasteiger partial charge in [-0.1, -0.05) is 18.2 Å². The second-order valence-electron chi connectivity index (χ2n) is 5.91. The topological polar surface area (TPSA) is 143 Å². The summed E-state index contributed by atoms with van der Waals surface area (Å²) in [5, 5.41) is 29.7. The van der Waals surface area contributed by atoms with Gasteiger partial charge in [0.1, 0.15) is 12.5 Å². The lowest BCUT2D eigenvalue weighted by molar-refractivity contribution is -0.385. The van der Waals surface area contributed by atoms with Crippen LogP contribution in [0.3, 0.4) is 0 Å². The molecule has 0 bridgehead atoms. The summed E-state index contributed by atoms with van der Waals surface area (Å²) >= 11 is 0. The summed E-state index contributed by atoms with van der Waals surface area (Å²) in [4.78, 5) is 39.5. The minimum absolute atomic E-state index is 0.0289. The van der Waals surface area contributed by atoms with Crippen molar-refractivity contribution < 1.29 is 24.4 Å². The second kappa shape index (κ2) is 8.23. The molecule has 1 aliphatic heterocycles. The zero-order valence-electron chi connectivity index (χ0n) is 14.7. The van der Waals surface area contributed by atoms with Crippen molar-refractivity contribution in [3.63, 3.8) is 0 Å². The second-order valence-corrected chi connectivity index (χ2v) is 5.91. The highest BCUT2D eigenvalue weighted by Gasteiger charge is 2.44. The highest BCUT2D eigenvalue weighted by molar-refractivity contribution is 6.06. The van der Waals surface area contributed by atoms with Gasteiger partial charge < -0.3 is 9.84 Å². The smallest absolute Gasteiger partial charge is 0.336 e. The quantitative estimate of drug-likeness (QED) is 0.350. The summed E-state index contributed by atoms with van der Waals surface area (Å²) < 4.78 is 5.06. The minimum atomic E-state index is -1.26. The molecule has 0 amide bonds. The molecular weight excluding hydrogens is 354 g/mol. The number of carboxylic acids is 1. The summed E-state index contributed by atoms with van der Waals surface area (Å²) in [5.74, 6) is -4.48. The average Bonchev–Trinajstić information content (AvgIpc) is 2.60. The van der Waals surface area contributed by atoms with E-state index in [9.17, 15) is 24.8 Å². The molecule has 0 radical (unpaired) electrons. The highest BCUT2D eigenvalue weighted by Crippen LogP contribution is 2.42. The predicted octanol–water partition coefficient (Wildman–Crippen LogP) is 2.58. The Balaban J connectivity index is 2.65. The van der Waals surface area contributed by atoms with Crippen LogP contribution in [0.25, 0.3) is 0 Å². The number of aliphatic imine (C=N–C) groups is 1. The van der Waals surface area contributed by atoms with Gasteiger partial charge in [0, 0.05) is 29.0 Å². The van der Waals surface area contributed by atoms with E-state index in [1.807, 2.05) is 6.07 Å². The Morgan fingerprint density at radius 2 is 2.04 bits per heavy atom.